The summed E-state index contributed by atoms with van der Waals surface area (Å²) in [4.78, 5) is 13.1. The normalized spacial score (nSPS) is 10.3. The van der Waals surface area contributed by atoms with E-state index in [4.69, 9.17) is 0 Å². The summed E-state index contributed by atoms with van der Waals surface area (Å²) in [6.45, 7) is 3.47. The van der Waals surface area contributed by atoms with Gasteiger partial charge in [-0.25, -0.2) is 4.39 Å². The minimum Gasteiger partial charge on any atom is -0.325 e. The van der Waals surface area contributed by atoms with Crippen molar-refractivity contribution in [3.05, 3.63) is 53.8 Å². The predicted octanol–water partition coefficient (Wildman–Crippen LogP) is 4.24. The second-order valence-electron chi connectivity index (χ2n) is 4.24. The van der Waals surface area contributed by atoms with Crippen LogP contribution in [0.5, 0.6) is 0 Å². The molecular formula is C15H14FNOS. The third-order valence-electron chi connectivity index (χ3n) is 2.49. The van der Waals surface area contributed by atoms with Gasteiger partial charge in [-0.15, -0.1) is 0 Å². The van der Waals surface area contributed by atoms with Gasteiger partial charge in [-0.1, -0.05) is 17.8 Å². The van der Waals surface area contributed by atoms with Crippen molar-refractivity contribution in [2.75, 3.05) is 5.32 Å². The highest BCUT2D eigenvalue weighted by Crippen LogP contribution is 2.34. The molecule has 0 radical (unpaired) electrons. The standard InChI is InChI=1S/C15H14FNOS/c1-10-3-8-14(17-11(2)18)15(9-10)19-13-6-4-12(16)5-7-13/h3-9H,1-2H3,(H,17,18). The lowest BCUT2D eigenvalue weighted by Crippen LogP contribution is -2.06. The molecule has 0 saturated heterocycles. The fourth-order valence-electron chi connectivity index (χ4n) is 1.64. The van der Waals surface area contributed by atoms with Gasteiger partial charge in [-0.3, -0.25) is 4.79 Å². The summed E-state index contributed by atoms with van der Waals surface area (Å²) in [6, 6.07) is 12.1. The van der Waals surface area contributed by atoms with Gasteiger partial charge in [0.25, 0.3) is 0 Å². The average Bonchev–Trinajstić information content (AvgIpc) is 2.35. The Kier molecular flexibility index (Phi) is 4.22. The van der Waals surface area contributed by atoms with Crippen LogP contribution in [0.4, 0.5) is 10.1 Å². The molecule has 0 spiro atoms. The minimum absolute atomic E-state index is 0.107. The molecule has 2 aromatic carbocycles. The Balaban J connectivity index is 2.29. The van der Waals surface area contributed by atoms with Crippen LogP contribution in [0.15, 0.2) is 52.3 Å². The van der Waals surface area contributed by atoms with Crippen LogP contribution in [0.1, 0.15) is 12.5 Å². The molecule has 0 atom stereocenters. The number of nitrogens with one attached hydrogen (secondary N) is 1. The van der Waals surface area contributed by atoms with Crippen molar-refractivity contribution < 1.29 is 9.18 Å². The number of hydrogen-bond donors (Lipinski definition) is 1. The van der Waals surface area contributed by atoms with Gasteiger partial charge < -0.3 is 5.32 Å². The molecule has 0 unspecified atom stereocenters. The second-order valence-corrected chi connectivity index (χ2v) is 5.35. The van der Waals surface area contributed by atoms with Crippen LogP contribution in [-0.2, 0) is 4.79 Å². The van der Waals surface area contributed by atoms with Crippen LogP contribution in [0.2, 0.25) is 0 Å². The van der Waals surface area contributed by atoms with Gasteiger partial charge in [0.15, 0.2) is 0 Å². The van der Waals surface area contributed by atoms with E-state index in [0.29, 0.717) is 0 Å². The molecular weight excluding hydrogens is 261 g/mol. The van der Waals surface area contributed by atoms with Crippen molar-refractivity contribution >= 4 is 23.4 Å². The maximum Gasteiger partial charge on any atom is 0.221 e. The van der Waals surface area contributed by atoms with Gasteiger partial charge in [0.05, 0.1) is 5.69 Å². The van der Waals surface area contributed by atoms with Crippen LogP contribution in [0.25, 0.3) is 0 Å². The number of carbonyl (C=O) groups is 1. The molecule has 2 nitrogen and oxygen atoms in total. The number of benzene rings is 2. The second kappa shape index (κ2) is 5.89. The molecule has 98 valence electrons. The van der Waals surface area contributed by atoms with Crippen LogP contribution in [-0.4, -0.2) is 5.91 Å². The molecule has 1 N–H and O–H groups in total. The van der Waals surface area contributed by atoms with Crippen LogP contribution >= 0.6 is 11.8 Å². The van der Waals surface area contributed by atoms with Crippen molar-refractivity contribution in [2.24, 2.45) is 0 Å². The molecule has 2 rings (SSSR count). The van der Waals surface area contributed by atoms with Crippen molar-refractivity contribution in [3.8, 4) is 0 Å². The molecule has 4 heteroatoms. The molecule has 2 aromatic rings. The third-order valence-corrected chi connectivity index (χ3v) is 3.55. The van der Waals surface area contributed by atoms with E-state index in [1.807, 2.05) is 25.1 Å². The van der Waals surface area contributed by atoms with Crippen LogP contribution < -0.4 is 5.32 Å². The molecule has 1 amide bonds. The molecule has 0 aromatic heterocycles. The first-order valence-corrected chi connectivity index (χ1v) is 6.68. The van der Waals surface area contributed by atoms with Gasteiger partial charge in [0, 0.05) is 16.7 Å². The maximum absolute atomic E-state index is 12.9. The fourth-order valence-corrected chi connectivity index (χ4v) is 2.64. The SMILES string of the molecule is CC(=O)Nc1ccc(C)cc1Sc1ccc(F)cc1. The lowest BCUT2D eigenvalue weighted by Gasteiger charge is -2.10. The number of hydrogen-bond acceptors (Lipinski definition) is 2. The molecule has 0 saturated carbocycles. The highest BCUT2D eigenvalue weighted by atomic mass is 32.2. The van der Waals surface area contributed by atoms with E-state index in [-0.39, 0.29) is 11.7 Å². The lowest BCUT2D eigenvalue weighted by atomic mass is 10.2. The van der Waals surface area contributed by atoms with E-state index < -0.39 is 0 Å². The topological polar surface area (TPSA) is 29.1 Å². The largest absolute Gasteiger partial charge is 0.325 e. The first kappa shape index (κ1) is 13.6. The molecule has 0 heterocycles. The van der Waals surface area contributed by atoms with Crippen molar-refractivity contribution in [1.29, 1.82) is 0 Å². The van der Waals surface area contributed by atoms with Crippen molar-refractivity contribution in [3.63, 3.8) is 0 Å². The quantitative estimate of drug-likeness (QED) is 0.907. The van der Waals surface area contributed by atoms with Gasteiger partial charge in [-0.05, 0) is 48.9 Å². The van der Waals surface area contributed by atoms with E-state index in [9.17, 15) is 9.18 Å². The maximum atomic E-state index is 12.9. The number of rotatable bonds is 3. The Hall–Kier alpha value is -1.81. The summed E-state index contributed by atoms with van der Waals surface area (Å²) in [7, 11) is 0. The highest BCUT2D eigenvalue weighted by molar-refractivity contribution is 7.99. The first-order chi connectivity index (χ1) is 9.04. The Morgan fingerprint density at radius 1 is 1.16 bits per heavy atom. The highest BCUT2D eigenvalue weighted by Gasteiger charge is 2.06. The first-order valence-electron chi connectivity index (χ1n) is 5.86. The molecule has 0 fully saturated rings. The Morgan fingerprint density at radius 3 is 2.47 bits per heavy atom. The monoisotopic (exact) mass is 275 g/mol. The summed E-state index contributed by atoms with van der Waals surface area (Å²) in [5, 5.41) is 2.80. The van der Waals surface area contributed by atoms with E-state index in [1.165, 1.54) is 30.8 Å². The molecule has 0 aliphatic rings. The summed E-state index contributed by atoms with van der Waals surface area (Å²) in [5.41, 5.74) is 1.88. The van der Waals surface area contributed by atoms with Gasteiger partial charge in [0.2, 0.25) is 5.91 Å². The molecule has 19 heavy (non-hydrogen) atoms. The number of aryl methyl sites for hydroxylation is 1. The fraction of sp³-hybridized carbons (Fsp3) is 0.133. The average molecular weight is 275 g/mol. The van der Waals surface area contributed by atoms with E-state index in [0.717, 1.165) is 21.0 Å². The van der Waals surface area contributed by atoms with Gasteiger partial charge in [0.1, 0.15) is 5.82 Å². The van der Waals surface area contributed by atoms with Gasteiger partial charge in [-0.2, -0.15) is 0 Å². The van der Waals surface area contributed by atoms with E-state index in [2.05, 4.69) is 5.32 Å². The number of carbonyl (C=O) groups excluding carboxylic acids is 1. The molecule has 0 aliphatic heterocycles. The smallest absolute Gasteiger partial charge is 0.221 e. The number of amides is 1. The third kappa shape index (κ3) is 3.83. The summed E-state index contributed by atoms with van der Waals surface area (Å²) in [6.07, 6.45) is 0. The Labute approximate surface area is 116 Å². The van der Waals surface area contributed by atoms with E-state index >= 15 is 0 Å². The zero-order valence-electron chi connectivity index (χ0n) is 10.7. The lowest BCUT2D eigenvalue weighted by molar-refractivity contribution is -0.114. The molecule has 0 bridgehead atoms. The van der Waals surface area contributed by atoms with Crippen molar-refractivity contribution in [1.82, 2.24) is 0 Å². The zero-order chi connectivity index (χ0) is 13.8. The minimum atomic E-state index is -0.254. The van der Waals surface area contributed by atoms with Crippen LogP contribution in [0, 0.1) is 12.7 Å². The van der Waals surface area contributed by atoms with Crippen LogP contribution in [0.3, 0.4) is 0 Å². The zero-order valence-corrected chi connectivity index (χ0v) is 11.6. The summed E-state index contributed by atoms with van der Waals surface area (Å²) in [5.74, 6) is -0.361. The summed E-state index contributed by atoms with van der Waals surface area (Å²) >= 11 is 1.50. The summed E-state index contributed by atoms with van der Waals surface area (Å²) < 4.78 is 12.9. The van der Waals surface area contributed by atoms with E-state index in [1.54, 1.807) is 12.1 Å². The van der Waals surface area contributed by atoms with Crippen molar-refractivity contribution in [2.45, 2.75) is 23.6 Å². The predicted molar refractivity (Wildman–Crippen MR) is 76.0 cm³/mol. The Bertz CT molecular complexity index is 596. The number of halogens is 1. The van der Waals surface area contributed by atoms with Gasteiger partial charge >= 0.3 is 0 Å². The molecule has 0 aliphatic carbocycles. The number of anilines is 1. The Morgan fingerprint density at radius 2 is 1.84 bits per heavy atom.